The summed E-state index contributed by atoms with van der Waals surface area (Å²) in [5.41, 5.74) is 0.653. The molecule has 1 fully saturated rings. The number of nitrogens with one attached hydrogen (secondary N) is 1. The Labute approximate surface area is 209 Å². The number of carbonyl (C=O) groups is 3. The van der Waals surface area contributed by atoms with Gasteiger partial charge in [0.1, 0.15) is 9.88 Å². The number of carbonyl (C=O) groups excluding carboxylic acids is 3. The highest BCUT2D eigenvalue weighted by molar-refractivity contribution is 7.89. The predicted molar refractivity (Wildman–Crippen MR) is 133 cm³/mol. The van der Waals surface area contributed by atoms with Gasteiger partial charge in [0.05, 0.1) is 23.7 Å². The van der Waals surface area contributed by atoms with Crippen LogP contribution in [0.25, 0.3) is 0 Å². The van der Waals surface area contributed by atoms with Gasteiger partial charge in [-0.2, -0.15) is 4.31 Å². The molecule has 0 spiro atoms. The molecule has 1 amide bonds. The van der Waals surface area contributed by atoms with Crippen LogP contribution in [0.2, 0.25) is 0 Å². The Hall–Kier alpha value is -2.76. The normalized spacial score (nSPS) is 16.5. The van der Waals surface area contributed by atoms with Gasteiger partial charge in [-0.25, -0.2) is 18.0 Å². The van der Waals surface area contributed by atoms with Crippen molar-refractivity contribution in [2.45, 2.75) is 45.4 Å². The Kier molecular flexibility index (Phi) is 8.68. The molecule has 1 saturated heterocycles. The molecule has 0 bridgehead atoms. The van der Waals surface area contributed by atoms with E-state index in [1.165, 1.54) is 28.6 Å². The first-order valence-electron chi connectivity index (χ1n) is 11.5. The third-order valence-electron chi connectivity index (χ3n) is 5.69. The topological polar surface area (TPSA) is 119 Å². The number of hydrogen-bond donors (Lipinski definition) is 1. The Morgan fingerprint density at radius 1 is 1.09 bits per heavy atom. The maximum atomic E-state index is 13.0. The Morgan fingerprint density at radius 2 is 1.71 bits per heavy atom. The number of amides is 1. The van der Waals surface area contributed by atoms with Crippen molar-refractivity contribution in [3.05, 3.63) is 45.8 Å². The van der Waals surface area contributed by atoms with Gasteiger partial charge in [-0.05, 0) is 69.4 Å². The molecule has 0 saturated carbocycles. The minimum Gasteiger partial charge on any atom is -0.462 e. The van der Waals surface area contributed by atoms with E-state index >= 15 is 0 Å². The maximum absolute atomic E-state index is 13.0. The SMILES string of the molecule is CCOC(=O)c1sc(NC(=O)c2ccc(S(=O)(=O)N3CCCC(C)C3)cc2)c(C(=O)OCC)c1C. The third-order valence-corrected chi connectivity index (χ3v) is 8.75. The molecule has 9 nitrogen and oxygen atoms in total. The van der Waals surface area contributed by atoms with Crippen molar-refractivity contribution >= 4 is 44.2 Å². The lowest BCUT2D eigenvalue weighted by Gasteiger charge is -2.30. The summed E-state index contributed by atoms with van der Waals surface area (Å²) in [6.07, 6.45) is 1.82. The summed E-state index contributed by atoms with van der Waals surface area (Å²) in [5, 5.41) is 2.82. The molecule has 35 heavy (non-hydrogen) atoms. The summed E-state index contributed by atoms with van der Waals surface area (Å²) in [5.74, 6) is -1.51. The minimum atomic E-state index is -3.65. The second kappa shape index (κ2) is 11.3. The van der Waals surface area contributed by atoms with Gasteiger partial charge in [0, 0.05) is 18.7 Å². The summed E-state index contributed by atoms with van der Waals surface area (Å²) in [6.45, 7) is 8.19. The first kappa shape index (κ1) is 26.8. The van der Waals surface area contributed by atoms with Crippen LogP contribution >= 0.6 is 11.3 Å². The van der Waals surface area contributed by atoms with Crippen molar-refractivity contribution in [3.63, 3.8) is 0 Å². The minimum absolute atomic E-state index is 0.0895. The molecule has 1 aliphatic heterocycles. The fraction of sp³-hybridized carbons (Fsp3) is 0.458. The molecule has 1 aliphatic rings. The summed E-state index contributed by atoms with van der Waals surface area (Å²) >= 11 is 0.928. The summed E-state index contributed by atoms with van der Waals surface area (Å²) < 4.78 is 37.6. The summed E-state index contributed by atoms with van der Waals surface area (Å²) in [6, 6.07) is 5.65. The molecule has 2 heterocycles. The van der Waals surface area contributed by atoms with Crippen LogP contribution in [-0.2, 0) is 19.5 Å². The third kappa shape index (κ3) is 5.91. The van der Waals surface area contributed by atoms with Crippen LogP contribution in [-0.4, -0.2) is 56.9 Å². The number of sulfonamides is 1. The molecule has 3 rings (SSSR count). The van der Waals surface area contributed by atoms with Gasteiger partial charge in [-0.15, -0.1) is 11.3 Å². The molecule has 1 N–H and O–H groups in total. The molecular weight excluding hydrogens is 492 g/mol. The fourth-order valence-corrected chi connectivity index (χ4v) is 6.59. The second-order valence-electron chi connectivity index (χ2n) is 8.29. The van der Waals surface area contributed by atoms with Crippen LogP contribution < -0.4 is 5.32 Å². The first-order chi connectivity index (χ1) is 16.6. The van der Waals surface area contributed by atoms with Crippen LogP contribution in [0.3, 0.4) is 0 Å². The lowest BCUT2D eigenvalue weighted by molar-refractivity contribution is 0.0527. The van der Waals surface area contributed by atoms with E-state index in [0.29, 0.717) is 24.6 Å². The first-order valence-corrected chi connectivity index (χ1v) is 13.7. The molecule has 1 unspecified atom stereocenters. The van der Waals surface area contributed by atoms with Gasteiger partial charge >= 0.3 is 11.9 Å². The zero-order valence-electron chi connectivity index (χ0n) is 20.3. The lowest BCUT2D eigenvalue weighted by Crippen LogP contribution is -2.39. The highest BCUT2D eigenvalue weighted by Crippen LogP contribution is 2.35. The average Bonchev–Trinajstić information content (AvgIpc) is 3.15. The molecule has 1 atom stereocenters. The lowest BCUT2D eigenvalue weighted by atomic mass is 10.0. The van der Waals surface area contributed by atoms with Crippen LogP contribution in [0.1, 0.15) is 69.6 Å². The number of ether oxygens (including phenoxy) is 2. The second-order valence-corrected chi connectivity index (χ2v) is 11.2. The van der Waals surface area contributed by atoms with Crippen molar-refractivity contribution in [3.8, 4) is 0 Å². The van der Waals surface area contributed by atoms with Crippen LogP contribution in [0.4, 0.5) is 5.00 Å². The van der Waals surface area contributed by atoms with Crippen molar-refractivity contribution in [1.29, 1.82) is 0 Å². The van der Waals surface area contributed by atoms with Crippen LogP contribution in [0, 0.1) is 12.8 Å². The predicted octanol–water partition coefficient (Wildman–Crippen LogP) is 4.08. The molecule has 0 aliphatic carbocycles. The number of nitrogens with zero attached hydrogens (tertiary/aromatic N) is 1. The van der Waals surface area contributed by atoms with E-state index in [2.05, 4.69) is 5.32 Å². The number of hydrogen-bond acceptors (Lipinski definition) is 8. The van der Waals surface area contributed by atoms with E-state index in [4.69, 9.17) is 9.47 Å². The van der Waals surface area contributed by atoms with Crippen LogP contribution in [0.5, 0.6) is 0 Å². The van der Waals surface area contributed by atoms with Gasteiger partial charge in [0.25, 0.3) is 5.91 Å². The summed E-state index contributed by atoms with van der Waals surface area (Å²) in [4.78, 5) is 38.1. The number of rotatable bonds is 8. The van der Waals surface area contributed by atoms with Crippen molar-refractivity contribution < 1.29 is 32.3 Å². The van der Waals surface area contributed by atoms with Gasteiger partial charge < -0.3 is 14.8 Å². The molecule has 2 aromatic rings. The molecule has 11 heteroatoms. The number of thiophene rings is 1. The largest absolute Gasteiger partial charge is 0.462 e. The van der Waals surface area contributed by atoms with Crippen molar-refractivity contribution in [2.24, 2.45) is 5.92 Å². The van der Waals surface area contributed by atoms with Gasteiger partial charge in [-0.1, -0.05) is 6.92 Å². The van der Waals surface area contributed by atoms with E-state index in [1.807, 2.05) is 6.92 Å². The molecular formula is C24H30N2O7S2. The monoisotopic (exact) mass is 522 g/mol. The van der Waals surface area contributed by atoms with Crippen molar-refractivity contribution in [1.82, 2.24) is 4.31 Å². The Morgan fingerprint density at radius 3 is 2.31 bits per heavy atom. The van der Waals surface area contributed by atoms with Crippen LogP contribution in [0.15, 0.2) is 29.2 Å². The molecule has 1 aromatic carbocycles. The molecule has 190 valence electrons. The van der Waals surface area contributed by atoms with E-state index in [1.54, 1.807) is 20.8 Å². The van der Waals surface area contributed by atoms with Gasteiger partial charge in [-0.3, -0.25) is 4.79 Å². The number of esters is 2. The number of benzene rings is 1. The van der Waals surface area contributed by atoms with E-state index in [-0.39, 0.29) is 39.1 Å². The zero-order valence-corrected chi connectivity index (χ0v) is 21.9. The average molecular weight is 523 g/mol. The van der Waals surface area contributed by atoms with E-state index in [9.17, 15) is 22.8 Å². The Bertz CT molecular complexity index is 1200. The van der Waals surface area contributed by atoms with E-state index < -0.39 is 27.9 Å². The van der Waals surface area contributed by atoms with Crippen molar-refractivity contribution in [2.75, 3.05) is 31.6 Å². The van der Waals surface area contributed by atoms with Gasteiger partial charge in [0.2, 0.25) is 10.0 Å². The molecule has 0 radical (unpaired) electrons. The Balaban J connectivity index is 1.85. The highest BCUT2D eigenvalue weighted by atomic mass is 32.2. The fourth-order valence-electron chi connectivity index (χ4n) is 3.91. The van der Waals surface area contributed by atoms with Gasteiger partial charge in [0.15, 0.2) is 0 Å². The number of piperidine rings is 1. The summed E-state index contributed by atoms with van der Waals surface area (Å²) in [7, 11) is -3.65. The maximum Gasteiger partial charge on any atom is 0.348 e. The quantitative estimate of drug-likeness (QED) is 0.519. The highest BCUT2D eigenvalue weighted by Gasteiger charge is 2.30. The number of anilines is 1. The standard InChI is InChI=1S/C24H30N2O7S2/c1-5-32-23(28)19-16(4)20(24(29)33-6-2)34-22(19)25-21(27)17-9-11-18(12-10-17)35(30,31)26-13-7-8-15(3)14-26/h9-12,15H,5-8,13-14H2,1-4H3,(H,25,27). The zero-order chi connectivity index (χ0) is 25.8. The van der Waals surface area contributed by atoms with E-state index in [0.717, 1.165) is 24.2 Å². The smallest absolute Gasteiger partial charge is 0.348 e. The molecule has 1 aromatic heterocycles.